The summed E-state index contributed by atoms with van der Waals surface area (Å²) in [5.74, 6) is -0.421. The number of hydrogen-bond acceptors (Lipinski definition) is 5. The Hall–Kier alpha value is -3.21. The number of carbonyl (C=O) groups excluding carboxylic acids is 2. The highest BCUT2D eigenvalue weighted by Crippen LogP contribution is 2.39. The van der Waals surface area contributed by atoms with Crippen LogP contribution in [0.4, 0.5) is 0 Å². The van der Waals surface area contributed by atoms with Crippen molar-refractivity contribution in [1.29, 1.82) is 0 Å². The fraction of sp³-hybridized carbons (Fsp3) is 0.261. The largest absolute Gasteiger partial charge is 0.465 e. The first-order valence-electron chi connectivity index (χ1n) is 9.32. The van der Waals surface area contributed by atoms with Crippen molar-refractivity contribution in [3.63, 3.8) is 0 Å². The molecule has 1 aliphatic rings. The lowest BCUT2D eigenvalue weighted by Crippen LogP contribution is -2.14. The molecule has 0 saturated heterocycles. The quantitative estimate of drug-likeness (QED) is 0.619. The maximum absolute atomic E-state index is 12.7. The van der Waals surface area contributed by atoms with Gasteiger partial charge in [-0.15, -0.1) is 0 Å². The predicted molar refractivity (Wildman–Crippen MR) is 106 cm³/mol. The zero-order valence-corrected chi connectivity index (χ0v) is 15.8. The fourth-order valence-corrected chi connectivity index (χ4v) is 3.49. The number of para-hydroxylation sites is 1. The van der Waals surface area contributed by atoms with Crippen molar-refractivity contribution >= 4 is 22.8 Å². The highest BCUT2D eigenvalue weighted by atomic mass is 16.5. The van der Waals surface area contributed by atoms with Crippen molar-refractivity contribution in [3.05, 3.63) is 65.9 Å². The van der Waals surface area contributed by atoms with Crippen molar-refractivity contribution in [2.75, 3.05) is 7.11 Å². The van der Waals surface area contributed by atoms with Crippen LogP contribution in [0.1, 0.15) is 29.4 Å². The van der Waals surface area contributed by atoms with E-state index in [1.54, 1.807) is 0 Å². The van der Waals surface area contributed by atoms with Crippen LogP contribution in [0.25, 0.3) is 22.0 Å². The van der Waals surface area contributed by atoms with Gasteiger partial charge in [-0.3, -0.25) is 4.79 Å². The summed E-state index contributed by atoms with van der Waals surface area (Å²) >= 11 is 0. The molecule has 0 amide bonds. The third-order valence-corrected chi connectivity index (χ3v) is 5.18. The Labute approximate surface area is 163 Å². The summed E-state index contributed by atoms with van der Waals surface area (Å²) < 4.78 is 10.5. The van der Waals surface area contributed by atoms with E-state index < -0.39 is 5.97 Å². The molecule has 1 saturated carbocycles. The van der Waals surface area contributed by atoms with Gasteiger partial charge < -0.3 is 9.47 Å². The summed E-state index contributed by atoms with van der Waals surface area (Å²) in [7, 11) is 1.34. The number of methoxy groups -OCH3 is 1. The van der Waals surface area contributed by atoms with E-state index in [1.807, 2.05) is 61.5 Å². The average Bonchev–Trinajstić information content (AvgIpc) is 3.47. The molecule has 0 unspecified atom stereocenters. The number of rotatable bonds is 5. The molecule has 0 aliphatic heterocycles. The van der Waals surface area contributed by atoms with Gasteiger partial charge in [-0.2, -0.15) is 0 Å². The van der Waals surface area contributed by atoms with Crippen LogP contribution in [-0.4, -0.2) is 24.0 Å². The standard InChI is InChI=1S/C23H21NO4/c1-14-12-17(14)22(25)28-13-19-21(23(26)27-2)20(15-8-4-3-5-9-15)16-10-6-7-11-18(16)24-19/h3-11,14,17H,12-13H2,1-2H3/t14-,17-/m1/s1. The van der Waals surface area contributed by atoms with Gasteiger partial charge in [0.2, 0.25) is 0 Å². The van der Waals surface area contributed by atoms with Crippen molar-refractivity contribution in [1.82, 2.24) is 4.98 Å². The molecule has 0 N–H and O–H groups in total. The monoisotopic (exact) mass is 375 g/mol. The Morgan fingerprint density at radius 3 is 2.43 bits per heavy atom. The van der Waals surface area contributed by atoms with Gasteiger partial charge in [0.25, 0.3) is 0 Å². The molecule has 1 heterocycles. The molecular formula is C23H21NO4. The van der Waals surface area contributed by atoms with E-state index >= 15 is 0 Å². The molecule has 28 heavy (non-hydrogen) atoms. The van der Waals surface area contributed by atoms with E-state index in [-0.39, 0.29) is 18.5 Å². The smallest absolute Gasteiger partial charge is 0.340 e. The van der Waals surface area contributed by atoms with Crippen molar-refractivity contribution in [2.45, 2.75) is 20.0 Å². The molecule has 3 aromatic rings. The number of esters is 2. The van der Waals surface area contributed by atoms with Gasteiger partial charge in [0.15, 0.2) is 0 Å². The number of nitrogens with zero attached hydrogens (tertiary/aromatic N) is 1. The molecule has 1 aromatic heterocycles. The second-order valence-corrected chi connectivity index (χ2v) is 7.11. The summed E-state index contributed by atoms with van der Waals surface area (Å²) in [6.45, 7) is 1.96. The van der Waals surface area contributed by atoms with Gasteiger partial charge in [0, 0.05) is 10.9 Å². The predicted octanol–water partition coefficient (Wildman–Crippen LogP) is 4.39. The number of aromatic nitrogens is 1. The third kappa shape index (κ3) is 3.36. The van der Waals surface area contributed by atoms with Crippen molar-refractivity contribution < 1.29 is 19.1 Å². The van der Waals surface area contributed by atoms with Gasteiger partial charge in [-0.05, 0) is 24.0 Å². The summed E-state index contributed by atoms with van der Waals surface area (Å²) in [6, 6.07) is 17.3. The maximum Gasteiger partial charge on any atom is 0.340 e. The molecule has 5 nitrogen and oxygen atoms in total. The lowest BCUT2D eigenvalue weighted by atomic mass is 9.94. The molecule has 0 bridgehead atoms. The molecular weight excluding hydrogens is 354 g/mol. The Bertz CT molecular complexity index is 1050. The van der Waals surface area contributed by atoms with Crippen molar-refractivity contribution in [3.8, 4) is 11.1 Å². The van der Waals surface area contributed by atoms with Gasteiger partial charge >= 0.3 is 11.9 Å². The number of pyridine rings is 1. The summed E-state index contributed by atoms with van der Waals surface area (Å²) in [6.07, 6.45) is 0.850. The first-order valence-corrected chi connectivity index (χ1v) is 9.32. The molecule has 0 radical (unpaired) electrons. The van der Waals surface area contributed by atoms with E-state index in [0.717, 1.165) is 28.5 Å². The zero-order valence-electron chi connectivity index (χ0n) is 15.8. The number of ether oxygens (including phenoxy) is 2. The summed E-state index contributed by atoms with van der Waals surface area (Å²) in [5.41, 5.74) is 3.10. The van der Waals surface area contributed by atoms with Crippen LogP contribution in [0.15, 0.2) is 54.6 Å². The highest BCUT2D eigenvalue weighted by molar-refractivity contribution is 6.07. The Morgan fingerprint density at radius 2 is 1.75 bits per heavy atom. The molecule has 0 spiro atoms. The van der Waals surface area contributed by atoms with Gasteiger partial charge in [-0.1, -0.05) is 55.5 Å². The van der Waals surface area contributed by atoms with E-state index in [9.17, 15) is 9.59 Å². The minimum absolute atomic E-state index is 0.0457. The van der Waals surface area contributed by atoms with Crippen LogP contribution in [-0.2, 0) is 20.9 Å². The zero-order chi connectivity index (χ0) is 19.7. The maximum atomic E-state index is 12.7. The van der Waals surface area contributed by atoms with Crippen LogP contribution < -0.4 is 0 Å². The Kier molecular flexibility index (Phi) is 4.82. The van der Waals surface area contributed by atoms with Gasteiger partial charge in [-0.25, -0.2) is 9.78 Å². The second kappa shape index (κ2) is 7.43. The van der Waals surface area contributed by atoms with Crippen LogP contribution in [0.3, 0.4) is 0 Å². The number of carbonyl (C=O) groups is 2. The van der Waals surface area contributed by atoms with Crippen molar-refractivity contribution in [2.24, 2.45) is 11.8 Å². The van der Waals surface area contributed by atoms with Crippen LogP contribution in [0.2, 0.25) is 0 Å². The van der Waals surface area contributed by atoms with Gasteiger partial charge in [0.1, 0.15) is 6.61 Å². The molecule has 4 rings (SSSR count). The van der Waals surface area contributed by atoms with E-state index in [0.29, 0.717) is 17.2 Å². The SMILES string of the molecule is COC(=O)c1c(COC(=O)[C@@H]2C[C@H]2C)nc2ccccc2c1-c1ccccc1. The molecule has 142 valence electrons. The number of benzene rings is 2. The molecule has 2 aromatic carbocycles. The summed E-state index contributed by atoms with van der Waals surface area (Å²) in [5, 5.41) is 0.847. The highest BCUT2D eigenvalue weighted by Gasteiger charge is 2.40. The van der Waals surface area contributed by atoms with Gasteiger partial charge in [0.05, 0.1) is 29.8 Å². The molecule has 1 fully saturated rings. The summed E-state index contributed by atoms with van der Waals surface area (Å²) in [4.78, 5) is 29.5. The first kappa shape index (κ1) is 18.2. The molecule has 1 aliphatic carbocycles. The van der Waals surface area contributed by atoms with Crippen LogP contribution in [0.5, 0.6) is 0 Å². The lowest BCUT2D eigenvalue weighted by Gasteiger charge is -2.16. The lowest BCUT2D eigenvalue weighted by molar-refractivity contribution is -0.147. The first-order chi connectivity index (χ1) is 13.6. The minimum atomic E-state index is -0.497. The number of hydrogen-bond donors (Lipinski definition) is 0. The van der Waals surface area contributed by atoms with Crippen LogP contribution >= 0.6 is 0 Å². The topological polar surface area (TPSA) is 65.5 Å². The van der Waals surface area contributed by atoms with E-state index in [1.165, 1.54) is 7.11 Å². The average molecular weight is 375 g/mol. The minimum Gasteiger partial charge on any atom is -0.465 e. The third-order valence-electron chi connectivity index (χ3n) is 5.18. The second-order valence-electron chi connectivity index (χ2n) is 7.11. The molecule has 2 atom stereocenters. The van der Waals surface area contributed by atoms with Crippen LogP contribution in [0, 0.1) is 11.8 Å². The normalized spacial score (nSPS) is 17.9. The fourth-order valence-electron chi connectivity index (χ4n) is 3.49. The Balaban J connectivity index is 1.86. The van der Waals surface area contributed by atoms with E-state index in [4.69, 9.17) is 9.47 Å². The Morgan fingerprint density at radius 1 is 1.07 bits per heavy atom. The van der Waals surface area contributed by atoms with E-state index in [2.05, 4.69) is 4.98 Å². The number of fused-ring (bicyclic) bond motifs is 1. The molecule has 5 heteroatoms.